The van der Waals surface area contributed by atoms with Crippen LogP contribution < -0.4 is 0 Å². The zero-order valence-electron chi connectivity index (χ0n) is 13.5. The highest BCUT2D eigenvalue weighted by Crippen LogP contribution is 2.28. The highest BCUT2D eigenvalue weighted by Gasteiger charge is 2.19. The van der Waals surface area contributed by atoms with E-state index in [-0.39, 0.29) is 6.09 Å². The molecule has 1 N–H and O–H groups in total. The van der Waals surface area contributed by atoms with Crippen LogP contribution in [0.2, 0.25) is 0 Å². The summed E-state index contributed by atoms with van der Waals surface area (Å²) in [5.41, 5.74) is 3.57. The molecule has 0 unspecified atom stereocenters. The predicted molar refractivity (Wildman–Crippen MR) is 87.9 cm³/mol. The van der Waals surface area contributed by atoms with Crippen molar-refractivity contribution in [3.05, 3.63) is 35.4 Å². The summed E-state index contributed by atoms with van der Waals surface area (Å²) in [6.45, 7) is 5.93. The number of aryl methyl sites for hydroxylation is 1. The monoisotopic (exact) mass is 303 g/mol. The Kier molecular flexibility index (Phi) is 5.87. The van der Waals surface area contributed by atoms with Gasteiger partial charge in [-0.1, -0.05) is 32.4 Å². The molecule has 0 saturated heterocycles. The number of unbranched alkanes of at least 4 members (excludes halogenated alkanes) is 1. The average molecular weight is 303 g/mol. The molecule has 0 saturated carbocycles. The van der Waals surface area contributed by atoms with Crippen LogP contribution in [0.5, 0.6) is 5.75 Å². The van der Waals surface area contributed by atoms with Crippen LogP contribution >= 0.6 is 0 Å². The van der Waals surface area contributed by atoms with Crippen LogP contribution in [0, 0.1) is 0 Å². The smallest absolute Gasteiger partial charge is 0.410 e. The largest absolute Gasteiger partial charge is 0.508 e. The van der Waals surface area contributed by atoms with E-state index < -0.39 is 0 Å². The lowest BCUT2D eigenvalue weighted by atomic mass is 9.93. The predicted octanol–water partition coefficient (Wildman–Crippen LogP) is 3.98. The Balaban J connectivity index is 2.01. The van der Waals surface area contributed by atoms with Crippen LogP contribution in [0.1, 0.15) is 44.2 Å². The van der Waals surface area contributed by atoms with Gasteiger partial charge < -0.3 is 14.7 Å². The van der Waals surface area contributed by atoms with Gasteiger partial charge in [0.05, 0.1) is 6.61 Å². The van der Waals surface area contributed by atoms with Crippen molar-refractivity contribution in [2.45, 2.75) is 39.5 Å². The summed E-state index contributed by atoms with van der Waals surface area (Å²) >= 11 is 0. The van der Waals surface area contributed by atoms with Gasteiger partial charge in [0.25, 0.3) is 0 Å². The van der Waals surface area contributed by atoms with E-state index in [0.717, 1.165) is 31.2 Å². The van der Waals surface area contributed by atoms with Gasteiger partial charge in [-0.3, -0.25) is 0 Å². The Hall–Kier alpha value is -1.97. The molecular weight excluding hydrogens is 278 g/mol. The minimum atomic E-state index is -0.217. The van der Waals surface area contributed by atoms with E-state index in [9.17, 15) is 9.90 Å². The average Bonchev–Trinajstić information content (AvgIpc) is 2.55. The number of phenols is 1. The van der Waals surface area contributed by atoms with E-state index in [1.54, 1.807) is 11.0 Å². The number of ether oxygens (including phenoxy) is 1. The van der Waals surface area contributed by atoms with Crippen molar-refractivity contribution in [2.24, 2.45) is 0 Å². The third-order valence-electron chi connectivity index (χ3n) is 4.01. The second-order valence-electron chi connectivity index (χ2n) is 5.59. The lowest BCUT2D eigenvalue weighted by Crippen LogP contribution is -2.35. The SMILES string of the molecule is CCCCOC(=O)N1CC=C(c2ccc(O)cc2CC)CC1. The summed E-state index contributed by atoms with van der Waals surface area (Å²) in [7, 11) is 0. The van der Waals surface area contributed by atoms with Gasteiger partial charge in [-0.15, -0.1) is 0 Å². The van der Waals surface area contributed by atoms with Gasteiger partial charge in [0, 0.05) is 13.1 Å². The van der Waals surface area contributed by atoms with Crippen LogP contribution in [-0.2, 0) is 11.2 Å². The fourth-order valence-corrected chi connectivity index (χ4v) is 2.66. The van der Waals surface area contributed by atoms with Crippen LogP contribution in [-0.4, -0.2) is 35.8 Å². The van der Waals surface area contributed by atoms with E-state index in [1.807, 2.05) is 12.1 Å². The van der Waals surface area contributed by atoms with E-state index in [1.165, 1.54) is 11.1 Å². The second kappa shape index (κ2) is 7.87. The number of amides is 1. The highest BCUT2D eigenvalue weighted by molar-refractivity contribution is 5.74. The van der Waals surface area contributed by atoms with Gasteiger partial charge in [0.15, 0.2) is 0 Å². The standard InChI is InChI=1S/C18H25NO3/c1-3-5-12-22-18(21)19-10-8-15(9-11-19)17-7-6-16(20)13-14(17)4-2/h6-8,13,20H,3-5,9-12H2,1-2H3. The molecule has 0 aromatic heterocycles. The van der Waals surface area contributed by atoms with E-state index in [4.69, 9.17) is 4.74 Å². The van der Waals surface area contributed by atoms with Crippen molar-refractivity contribution in [1.82, 2.24) is 4.90 Å². The number of phenolic OH excluding ortho intramolecular Hbond substituents is 1. The summed E-state index contributed by atoms with van der Waals surface area (Å²) < 4.78 is 5.25. The molecular formula is C18H25NO3. The number of carbonyl (C=O) groups excluding carboxylic acids is 1. The summed E-state index contributed by atoms with van der Waals surface area (Å²) in [6.07, 6.45) is 5.51. The zero-order valence-corrected chi connectivity index (χ0v) is 13.5. The fraction of sp³-hybridized carbons (Fsp3) is 0.500. The lowest BCUT2D eigenvalue weighted by Gasteiger charge is -2.26. The summed E-state index contributed by atoms with van der Waals surface area (Å²) in [6, 6.07) is 5.51. The van der Waals surface area contributed by atoms with Gasteiger partial charge in [0.1, 0.15) is 5.75 Å². The van der Waals surface area contributed by atoms with Gasteiger partial charge in [0.2, 0.25) is 0 Å². The molecule has 120 valence electrons. The first-order valence-electron chi connectivity index (χ1n) is 8.08. The van der Waals surface area contributed by atoms with Crippen molar-refractivity contribution in [1.29, 1.82) is 0 Å². The van der Waals surface area contributed by atoms with Crippen LogP contribution in [0.4, 0.5) is 4.79 Å². The number of benzene rings is 1. The number of carbonyl (C=O) groups is 1. The number of aromatic hydroxyl groups is 1. The number of rotatable bonds is 5. The maximum atomic E-state index is 11.9. The molecule has 0 bridgehead atoms. The van der Waals surface area contributed by atoms with Crippen molar-refractivity contribution < 1.29 is 14.6 Å². The Labute approximate surface area is 132 Å². The first-order chi connectivity index (χ1) is 10.7. The lowest BCUT2D eigenvalue weighted by molar-refractivity contribution is 0.105. The summed E-state index contributed by atoms with van der Waals surface area (Å²) in [5.74, 6) is 0.304. The van der Waals surface area contributed by atoms with Gasteiger partial charge in [-0.25, -0.2) is 4.79 Å². The molecule has 1 aromatic carbocycles. The molecule has 1 aliphatic heterocycles. The number of hydrogen-bond donors (Lipinski definition) is 1. The minimum absolute atomic E-state index is 0.217. The molecule has 0 spiro atoms. The molecule has 0 atom stereocenters. The third-order valence-corrected chi connectivity index (χ3v) is 4.01. The second-order valence-corrected chi connectivity index (χ2v) is 5.59. The quantitative estimate of drug-likeness (QED) is 0.837. The van der Waals surface area contributed by atoms with E-state index in [0.29, 0.717) is 25.4 Å². The molecule has 0 radical (unpaired) electrons. The third kappa shape index (κ3) is 4.03. The number of hydrogen-bond acceptors (Lipinski definition) is 3. The molecule has 1 heterocycles. The Morgan fingerprint density at radius 1 is 1.36 bits per heavy atom. The van der Waals surface area contributed by atoms with Crippen LogP contribution in [0.15, 0.2) is 24.3 Å². The molecule has 1 amide bonds. The maximum Gasteiger partial charge on any atom is 0.410 e. The molecule has 4 heteroatoms. The molecule has 4 nitrogen and oxygen atoms in total. The van der Waals surface area contributed by atoms with Crippen LogP contribution in [0.25, 0.3) is 5.57 Å². The Bertz CT molecular complexity index is 551. The molecule has 2 rings (SSSR count). The van der Waals surface area contributed by atoms with Gasteiger partial charge in [-0.05, 0) is 48.1 Å². The van der Waals surface area contributed by atoms with Crippen molar-refractivity contribution in [2.75, 3.05) is 19.7 Å². The van der Waals surface area contributed by atoms with Crippen molar-refractivity contribution >= 4 is 11.7 Å². The molecule has 1 aromatic rings. The van der Waals surface area contributed by atoms with Crippen molar-refractivity contribution in [3.63, 3.8) is 0 Å². The Morgan fingerprint density at radius 2 is 2.18 bits per heavy atom. The first-order valence-corrected chi connectivity index (χ1v) is 8.08. The first kappa shape index (κ1) is 16.4. The van der Waals surface area contributed by atoms with Crippen molar-refractivity contribution in [3.8, 4) is 5.75 Å². The van der Waals surface area contributed by atoms with Gasteiger partial charge >= 0.3 is 6.09 Å². The molecule has 0 fully saturated rings. The zero-order chi connectivity index (χ0) is 15.9. The highest BCUT2D eigenvalue weighted by atomic mass is 16.6. The van der Waals surface area contributed by atoms with E-state index in [2.05, 4.69) is 19.9 Å². The number of nitrogens with zero attached hydrogens (tertiary/aromatic N) is 1. The van der Waals surface area contributed by atoms with E-state index >= 15 is 0 Å². The van der Waals surface area contributed by atoms with Crippen LogP contribution in [0.3, 0.4) is 0 Å². The summed E-state index contributed by atoms with van der Waals surface area (Å²) in [4.78, 5) is 13.7. The Morgan fingerprint density at radius 3 is 2.82 bits per heavy atom. The molecule has 0 aliphatic carbocycles. The molecule has 1 aliphatic rings. The summed E-state index contributed by atoms with van der Waals surface area (Å²) in [5, 5.41) is 9.60. The normalized spacial score (nSPS) is 14.6. The fourth-order valence-electron chi connectivity index (χ4n) is 2.66. The minimum Gasteiger partial charge on any atom is -0.508 e. The molecule has 22 heavy (non-hydrogen) atoms. The topological polar surface area (TPSA) is 49.8 Å². The van der Waals surface area contributed by atoms with Gasteiger partial charge in [-0.2, -0.15) is 0 Å². The maximum absolute atomic E-state index is 11.9.